The van der Waals surface area contributed by atoms with Crippen LogP contribution in [0, 0.1) is 11.8 Å². The summed E-state index contributed by atoms with van der Waals surface area (Å²) >= 11 is 0. The van der Waals surface area contributed by atoms with Gasteiger partial charge >= 0.3 is 0 Å². The maximum absolute atomic E-state index is 5.73. The largest absolute Gasteiger partial charge is 0.494 e. The van der Waals surface area contributed by atoms with E-state index in [-0.39, 0.29) is 0 Å². The van der Waals surface area contributed by atoms with Gasteiger partial charge < -0.3 is 10.1 Å². The predicted molar refractivity (Wildman–Crippen MR) is 85.1 cm³/mol. The standard InChI is InChI=1S/C18H29NO/c1-3-4-5-12-20-18-10-6-16(7-11-18)14-19-13-15(2)17-8-9-17/h6-7,10-11,15,17,19H,3-5,8-9,12-14H2,1-2H3. The lowest BCUT2D eigenvalue weighted by molar-refractivity contribution is 0.306. The zero-order chi connectivity index (χ0) is 14.2. The topological polar surface area (TPSA) is 21.3 Å². The summed E-state index contributed by atoms with van der Waals surface area (Å²) in [6.07, 6.45) is 6.52. The first-order chi connectivity index (χ1) is 9.79. The molecule has 1 fully saturated rings. The summed E-state index contributed by atoms with van der Waals surface area (Å²) in [7, 11) is 0. The molecule has 0 amide bonds. The van der Waals surface area contributed by atoms with Crippen LogP contribution in [0.4, 0.5) is 0 Å². The Morgan fingerprint density at radius 3 is 2.60 bits per heavy atom. The van der Waals surface area contributed by atoms with Gasteiger partial charge in [0.05, 0.1) is 6.61 Å². The molecule has 0 saturated heterocycles. The van der Waals surface area contributed by atoms with Crippen LogP contribution in [0.25, 0.3) is 0 Å². The van der Waals surface area contributed by atoms with Gasteiger partial charge in [-0.05, 0) is 55.3 Å². The van der Waals surface area contributed by atoms with E-state index in [0.29, 0.717) is 0 Å². The molecule has 0 radical (unpaired) electrons. The van der Waals surface area contributed by atoms with Gasteiger partial charge in [-0.15, -0.1) is 0 Å². The van der Waals surface area contributed by atoms with Crippen molar-refractivity contribution >= 4 is 0 Å². The van der Waals surface area contributed by atoms with Crippen molar-refractivity contribution in [3.63, 3.8) is 0 Å². The minimum atomic E-state index is 0.830. The lowest BCUT2D eigenvalue weighted by atomic mass is 10.1. The third-order valence-electron chi connectivity index (χ3n) is 4.16. The molecular weight excluding hydrogens is 246 g/mol. The van der Waals surface area contributed by atoms with Crippen LogP contribution in [-0.2, 0) is 6.54 Å². The van der Waals surface area contributed by atoms with Crippen molar-refractivity contribution in [3.8, 4) is 5.75 Å². The third kappa shape index (κ3) is 5.54. The number of rotatable bonds is 10. The van der Waals surface area contributed by atoms with Gasteiger partial charge in [0.25, 0.3) is 0 Å². The Kier molecular flexibility index (Phi) is 6.38. The number of nitrogens with one attached hydrogen (secondary N) is 1. The second-order valence-corrected chi connectivity index (χ2v) is 6.15. The third-order valence-corrected chi connectivity index (χ3v) is 4.16. The fraction of sp³-hybridized carbons (Fsp3) is 0.667. The lowest BCUT2D eigenvalue weighted by Gasteiger charge is -2.12. The number of unbranched alkanes of at least 4 members (excludes halogenated alkanes) is 2. The molecule has 0 bridgehead atoms. The Bertz CT molecular complexity index is 370. The summed E-state index contributed by atoms with van der Waals surface area (Å²) in [5, 5.41) is 3.56. The van der Waals surface area contributed by atoms with Crippen LogP contribution in [0.2, 0.25) is 0 Å². The van der Waals surface area contributed by atoms with E-state index in [2.05, 4.69) is 43.4 Å². The fourth-order valence-electron chi connectivity index (χ4n) is 2.52. The molecule has 0 heterocycles. The molecule has 2 heteroatoms. The highest BCUT2D eigenvalue weighted by atomic mass is 16.5. The number of hydrogen-bond donors (Lipinski definition) is 1. The maximum Gasteiger partial charge on any atom is 0.119 e. The summed E-state index contributed by atoms with van der Waals surface area (Å²) in [5.41, 5.74) is 1.34. The van der Waals surface area contributed by atoms with E-state index >= 15 is 0 Å². The highest BCUT2D eigenvalue weighted by Gasteiger charge is 2.27. The van der Waals surface area contributed by atoms with Gasteiger partial charge in [-0.25, -0.2) is 0 Å². The maximum atomic E-state index is 5.73. The minimum absolute atomic E-state index is 0.830. The first-order valence-corrected chi connectivity index (χ1v) is 8.22. The molecule has 1 aliphatic rings. The zero-order valence-corrected chi connectivity index (χ0v) is 13.0. The van der Waals surface area contributed by atoms with Gasteiger partial charge in [0, 0.05) is 6.54 Å². The molecule has 0 spiro atoms. The first-order valence-electron chi connectivity index (χ1n) is 8.22. The first kappa shape index (κ1) is 15.4. The Balaban J connectivity index is 1.62. The van der Waals surface area contributed by atoms with E-state index in [0.717, 1.165) is 43.7 Å². The van der Waals surface area contributed by atoms with Gasteiger partial charge in [0.1, 0.15) is 5.75 Å². The van der Waals surface area contributed by atoms with Crippen LogP contribution < -0.4 is 10.1 Å². The molecule has 1 N–H and O–H groups in total. The van der Waals surface area contributed by atoms with Gasteiger partial charge in [0.2, 0.25) is 0 Å². The van der Waals surface area contributed by atoms with Crippen molar-refractivity contribution in [1.82, 2.24) is 5.32 Å². The molecule has 1 aromatic rings. The Morgan fingerprint density at radius 2 is 1.95 bits per heavy atom. The smallest absolute Gasteiger partial charge is 0.119 e. The van der Waals surface area contributed by atoms with E-state index < -0.39 is 0 Å². The van der Waals surface area contributed by atoms with Crippen LogP contribution in [-0.4, -0.2) is 13.2 Å². The van der Waals surface area contributed by atoms with Gasteiger partial charge in [-0.2, -0.15) is 0 Å². The SMILES string of the molecule is CCCCCOc1ccc(CNCC(C)C2CC2)cc1. The predicted octanol–water partition coefficient (Wildman–Crippen LogP) is 4.39. The van der Waals surface area contributed by atoms with Crippen molar-refractivity contribution < 1.29 is 4.74 Å². The molecule has 20 heavy (non-hydrogen) atoms. The monoisotopic (exact) mass is 275 g/mol. The van der Waals surface area contributed by atoms with Gasteiger partial charge in [-0.3, -0.25) is 0 Å². The molecule has 1 atom stereocenters. The number of hydrogen-bond acceptors (Lipinski definition) is 2. The van der Waals surface area contributed by atoms with E-state index in [4.69, 9.17) is 4.74 Å². The van der Waals surface area contributed by atoms with Crippen molar-refractivity contribution in [2.75, 3.05) is 13.2 Å². The zero-order valence-electron chi connectivity index (χ0n) is 13.0. The molecule has 1 aromatic carbocycles. The van der Waals surface area contributed by atoms with Crippen LogP contribution in [0.5, 0.6) is 5.75 Å². The Labute approximate surface area is 123 Å². The molecule has 2 nitrogen and oxygen atoms in total. The van der Waals surface area contributed by atoms with Gasteiger partial charge in [-0.1, -0.05) is 38.8 Å². The molecule has 1 saturated carbocycles. The van der Waals surface area contributed by atoms with Crippen LogP contribution in [0.15, 0.2) is 24.3 Å². The summed E-state index contributed by atoms with van der Waals surface area (Å²) in [6, 6.07) is 8.52. The summed E-state index contributed by atoms with van der Waals surface area (Å²) < 4.78 is 5.73. The summed E-state index contributed by atoms with van der Waals surface area (Å²) in [6.45, 7) is 7.52. The Hall–Kier alpha value is -1.02. The normalized spacial score (nSPS) is 16.1. The average Bonchev–Trinajstić information content (AvgIpc) is 3.30. The van der Waals surface area contributed by atoms with Crippen molar-refractivity contribution in [2.45, 2.75) is 52.5 Å². The summed E-state index contributed by atoms with van der Waals surface area (Å²) in [4.78, 5) is 0. The molecule has 112 valence electrons. The highest BCUT2D eigenvalue weighted by Crippen LogP contribution is 2.36. The number of benzene rings is 1. The molecule has 1 aliphatic carbocycles. The average molecular weight is 275 g/mol. The van der Waals surface area contributed by atoms with Crippen LogP contribution in [0.3, 0.4) is 0 Å². The molecule has 0 aromatic heterocycles. The van der Waals surface area contributed by atoms with E-state index in [1.165, 1.54) is 31.2 Å². The van der Waals surface area contributed by atoms with Crippen molar-refractivity contribution in [1.29, 1.82) is 0 Å². The lowest BCUT2D eigenvalue weighted by Crippen LogP contribution is -2.21. The van der Waals surface area contributed by atoms with Crippen molar-refractivity contribution in [2.24, 2.45) is 11.8 Å². The quantitative estimate of drug-likeness (QED) is 0.639. The highest BCUT2D eigenvalue weighted by molar-refractivity contribution is 5.27. The second-order valence-electron chi connectivity index (χ2n) is 6.15. The number of ether oxygens (including phenoxy) is 1. The Morgan fingerprint density at radius 1 is 1.20 bits per heavy atom. The van der Waals surface area contributed by atoms with E-state index in [1.807, 2.05) is 0 Å². The molecule has 0 aliphatic heterocycles. The van der Waals surface area contributed by atoms with Crippen LogP contribution >= 0.6 is 0 Å². The van der Waals surface area contributed by atoms with Gasteiger partial charge in [0.15, 0.2) is 0 Å². The van der Waals surface area contributed by atoms with E-state index in [1.54, 1.807) is 0 Å². The fourth-order valence-corrected chi connectivity index (χ4v) is 2.52. The molecule has 1 unspecified atom stereocenters. The summed E-state index contributed by atoms with van der Waals surface area (Å²) in [5.74, 6) is 2.81. The van der Waals surface area contributed by atoms with Crippen LogP contribution in [0.1, 0.15) is 51.5 Å². The van der Waals surface area contributed by atoms with Crippen molar-refractivity contribution in [3.05, 3.63) is 29.8 Å². The second kappa shape index (κ2) is 8.31. The van der Waals surface area contributed by atoms with E-state index in [9.17, 15) is 0 Å². The molecule has 2 rings (SSSR count). The molecular formula is C18H29NO. The minimum Gasteiger partial charge on any atom is -0.494 e.